The third kappa shape index (κ3) is 1.55. The molecular weight excluding hydrogens is 202 g/mol. The maximum Gasteiger partial charge on any atom is 0.229 e. The topological polar surface area (TPSA) is 39.2 Å². The van der Waals surface area contributed by atoms with E-state index < -0.39 is 0 Å². The van der Waals surface area contributed by atoms with Crippen LogP contribution in [0.1, 0.15) is 18.4 Å². The molecule has 0 atom stereocenters. The van der Waals surface area contributed by atoms with Crippen molar-refractivity contribution in [3.05, 3.63) is 30.0 Å². The summed E-state index contributed by atoms with van der Waals surface area (Å²) in [5.74, 6) is 1.82. The molecule has 2 aromatic rings. The smallest absolute Gasteiger partial charge is 0.229 e. The zero-order valence-corrected chi connectivity index (χ0v) is 8.54. The van der Waals surface area contributed by atoms with E-state index in [0.29, 0.717) is 11.8 Å². The third-order valence-corrected chi connectivity index (χ3v) is 2.26. The first-order chi connectivity index (χ1) is 6.85. The van der Waals surface area contributed by atoms with E-state index in [4.69, 9.17) is 20.4 Å². The van der Waals surface area contributed by atoms with Gasteiger partial charge < -0.3 is 8.83 Å². The van der Waals surface area contributed by atoms with E-state index >= 15 is 0 Å². The Bertz CT molecular complexity index is 419. The van der Waals surface area contributed by atoms with Gasteiger partial charge in [0, 0.05) is 6.42 Å². The van der Waals surface area contributed by atoms with Gasteiger partial charge in [0.25, 0.3) is 0 Å². The van der Waals surface area contributed by atoms with Gasteiger partial charge in [-0.05, 0) is 6.07 Å². The lowest BCUT2D eigenvalue weighted by Crippen LogP contribution is -1.82. The maximum atomic E-state index is 5.63. The summed E-state index contributed by atoms with van der Waals surface area (Å²) in [6.45, 7) is 2.02. The van der Waals surface area contributed by atoms with Gasteiger partial charge in [0.2, 0.25) is 5.89 Å². The summed E-state index contributed by atoms with van der Waals surface area (Å²) in [7, 11) is 0. The largest absolute Gasteiger partial charge is 0.469 e. The minimum Gasteiger partial charge on any atom is -0.469 e. The number of aryl methyl sites for hydroxylation is 1. The summed E-state index contributed by atoms with van der Waals surface area (Å²) in [4.78, 5) is 4.22. The average molecular weight is 212 g/mol. The van der Waals surface area contributed by atoms with Crippen LogP contribution < -0.4 is 0 Å². The van der Waals surface area contributed by atoms with Gasteiger partial charge in [-0.2, -0.15) is 0 Å². The van der Waals surface area contributed by atoms with Crippen molar-refractivity contribution in [1.82, 2.24) is 4.98 Å². The van der Waals surface area contributed by atoms with Crippen LogP contribution in [-0.4, -0.2) is 4.98 Å². The molecule has 2 heterocycles. The second-order valence-corrected chi connectivity index (χ2v) is 3.16. The summed E-state index contributed by atoms with van der Waals surface area (Å²) >= 11 is 5.63. The van der Waals surface area contributed by atoms with Crippen molar-refractivity contribution in [3.63, 3.8) is 0 Å². The fourth-order valence-corrected chi connectivity index (χ4v) is 1.42. The normalized spacial score (nSPS) is 10.7. The van der Waals surface area contributed by atoms with Crippen LogP contribution >= 0.6 is 11.6 Å². The van der Waals surface area contributed by atoms with Crippen molar-refractivity contribution >= 4 is 11.6 Å². The van der Waals surface area contributed by atoms with Crippen molar-refractivity contribution in [1.29, 1.82) is 0 Å². The van der Waals surface area contributed by atoms with Crippen LogP contribution in [0.25, 0.3) is 11.5 Å². The number of furan rings is 1. The van der Waals surface area contributed by atoms with Gasteiger partial charge in [-0.25, -0.2) is 4.98 Å². The van der Waals surface area contributed by atoms with Gasteiger partial charge >= 0.3 is 0 Å². The van der Waals surface area contributed by atoms with Crippen molar-refractivity contribution in [2.75, 3.05) is 0 Å². The first-order valence-corrected chi connectivity index (χ1v) is 4.95. The Hall–Kier alpha value is -1.22. The fraction of sp³-hybridized carbons (Fsp3) is 0.300. The Morgan fingerprint density at radius 3 is 2.93 bits per heavy atom. The molecule has 4 heteroatoms. The van der Waals surface area contributed by atoms with Gasteiger partial charge in [-0.15, -0.1) is 11.6 Å². The number of oxazole rings is 1. The molecule has 0 saturated heterocycles. The number of aromatic nitrogens is 1. The summed E-state index contributed by atoms with van der Waals surface area (Å²) in [6.07, 6.45) is 4.02. The molecule has 0 radical (unpaired) electrons. The molecule has 0 spiro atoms. The second-order valence-electron chi connectivity index (χ2n) is 2.89. The predicted molar refractivity (Wildman–Crippen MR) is 53.1 cm³/mol. The lowest BCUT2D eigenvalue weighted by atomic mass is 10.2. The number of alkyl halides is 1. The molecule has 14 heavy (non-hydrogen) atoms. The molecule has 0 fully saturated rings. The molecule has 2 aromatic heterocycles. The molecular formula is C10H10ClNO2. The summed E-state index contributed by atoms with van der Waals surface area (Å²) in [6, 6.07) is 1.85. The first-order valence-electron chi connectivity index (χ1n) is 4.42. The molecule has 0 saturated carbocycles. The first kappa shape index (κ1) is 9.34. The molecule has 3 nitrogen and oxygen atoms in total. The molecule has 0 amide bonds. The van der Waals surface area contributed by atoms with Crippen LogP contribution in [0.5, 0.6) is 0 Å². The lowest BCUT2D eigenvalue weighted by Gasteiger charge is -1.92. The fourth-order valence-electron chi connectivity index (χ4n) is 1.30. The number of hydrogen-bond acceptors (Lipinski definition) is 3. The number of hydrogen-bond donors (Lipinski definition) is 0. The monoisotopic (exact) mass is 211 g/mol. The maximum absolute atomic E-state index is 5.63. The Morgan fingerprint density at radius 1 is 1.43 bits per heavy atom. The summed E-state index contributed by atoms with van der Waals surface area (Å²) in [5.41, 5.74) is 1.65. The Labute approximate surface area is 86.7 Å². The van der Waals surface area contributed by atoms with E-state index in [9.17, 15) is 0 Å². The standard InChI is InChI=1S/C10H10ClNO2/c1-2-9-8(3-4-13-9)10-12-7(5-11)6-14-10/h3-4,6H,2,5H2,1H3. The lowest BCUT2D eigenvalue weighted by molar-refractivity contribution is 0.512. The van der Waals surface area contributed by atoms with Crippen molar-refractivity contribution < 1.29 is 8.83 Å². The van der Waals surface area contributed by atoms with Gasteiger partial charge in [-0.1, -0.05) is 6.92 Å². The van der Waals surface area contributed by atoms with E-state index in [0.717, 1.165) is 23.4 Å². The van der Waals surface area contributed by atoms with E-state index in [-0.39, 0.29) is 0 Å². The van der Waals surface area contributed by atoms with Crippen LogP contribution in [0.15, 0.2) is 27.4 Å². The minimum absolute atomic E-state index is 0.364. The molecule has 0 bridgehead atoms. The van der Waals surface area contributed by atoms with Gasteiger partial charge in [0.05, 0.1) is 23.4 Å². The second kappa shape index (κ2) is 3.88. The van der Waals surface area contributed by atoms with Crippen LogP contribution in [0.3, 0.4) is 0 Å². The zero-order valence-electron chi connectivity index (χ0n) is 7.79. The Morgan fingerprint density at radius 2 is 2.29 bits per heavy atom. The highest BCUT2D eigenvalue weighted by Crippen LogP contribution is 2.24. The van der Waals surface area contributed by atoms with Crippen LogP contribution in [0, 0.1) is 0 Å². The zero-order chi connectivity index (χ0) is 9.97. The Balaban J connectivity index is 2.38. The van der Waals surface area contributed by atoms with Crippen molar-refractivity contribution in [2.45, 2.75) is 19.2 Å². The number of halogens is 1. The molecule has 0 aromatic carbocycles. The number of nitrogens with zero attached hydrogens (tertiary/aromatic N) is 1. The highest BCUT2D eigenvalue weighted by atomic mass is 35.5. The van der Waals surface area contributed by atoms with E-state index in [1.54, 1.807) is 12.5 Å². The molecule has 74 valence electrons. The predicted octanol–water partition coefficient (Wildman–Crippen LogP) is 3.24. The SMILES string of the molecule is CCc1occc1-c1nc(CCl)co1. The molecule has 0 unspecified atom stereocenters. The Kier molecular flexibility index (Phi) is 2.59. The number of rotatable bonds is 3. The van der Waals surface area contributed by atoms with Crippen LogP contribution in [-0.2, 0) is 12.3 Å². The third-order valence-electron chi connectivity index (χ3n) is 1.99. The highest BCUT2D eigenvalue weighted by Gasteiger charge is 2.12. The van der Waals surface area contributed by atoms with E-state index in [2.05, 4.69) is 4.98 Å². The quantitative estimate of drug-likeness (QED) is 0.732. The molecule has 0 N–H and O–H groups in total. The van der Waals surface area contributed by atoms with E-state index in [1.807, 2.05) is 13.0 Å². The average Bonchev–Trinajstić information content (AvgIpc) is 2.85. The van der Waals surface area contributed by atoms with Crippen molar-refractivity contribution in [2.24, 2.45) is 0 Å². The van der Waals surface area contributed by atoms with Crippen LogP contribution in [0.4, 0.5) is 0 Å². The molecule has 2 rings (SSSR count). The van der Waals surface area contributed by atoms with Gasteiger partial charge in [0.15, 0.2) is 0 Å². The summed E-state index contributed by atoms with van der Waals surface area (Å²) in [5, 5.41) is 0. The van der Waals surface area contributed by atoms with Gasteiger partial charge in [-0.3, -0.25) is 0 Å². The van der Waals surface area contributed by atoms with Crippen LogP contribution in [0.2, 0.25) is 0 Å². The highest BCUT2D eigenvalue weighted by molar-refractivity contribution is 6.16. The minimum atomic E-state index is 0.364. The van der Waals surface area contributed by atoms with Crippen molar-refractivity contribution in [3.8, 4) is 11.5 Å². The molecule has 0 aliphatic rings. The molecule has 0 aliphatic heterocycles. The molecule has 0 aliphatic carbocycles. The van der Waals surface area contributed by atoms with Gasteiger partial charge in [0.1, 0.15) is 12.0 Å². The van der Waals surface area contributed by atoms with E-state index in [1.165, 1.54) is 0 Å². The summed E-state index contributed by atoms with van der Waals surface area (Å²) < 4.78 is 10.6.